The average Bonchev–Trinajstić information content (AvgIpc) is 2.91. The van der Waals surface area contributed by atoms with Gasteiger partial charge in [-0.2, -0.15) is 0 Å². The molecule has 0 N–H and O–H groups in total. The molecule has 1 fully saturated rings. The van der Waals surface area contributed by atoms with Crippen molar-refractivity contribution in [2.45, 2.75) is 19.3 Å². The molecule has 0 nitrogen and oxygen atoms in total. The number of hydrogen-bond donors (Lipinski definition) is 0. The highest BCUT2D eigenvalue weighted by Crippen LogP contribution is 2.43. The van der Waals surface area contributed by atoms with Crippen molar-refractivity contribution < 1.29 is 22.0 Å². The molecule has 1 unspecified atom stereocenters. The molecule has 1 saturated carbocycles. The van der Waals surface area contributed by atoms with Crippen molar-refractivity contribution in [3.8, 4) is 0 Å². The van der Waals surface area contributed by atoms with Gasteiger partial charge in [-0.25, -0.2) is 22.0 Å². The van der Waals surface area contributed by atoms with Gasteiger partial charge in [0.05, 0.1) is 0 Å². The molecule has 5 heteroatoms. The molecule has 1 aromatic carbocycles. The lowest BCUT2D eigenvalue weighted by atomic mass is 9.83. The summed E-state index contributed by atoms with van der Waals surface area (Å²) in [6.45, 7) is 0. The minimum atomic E-state index is -2.10. The SMILES string of the molecule is Fc1c(F)c(F)c(C[C@H]2CCC3C=CC=C[C@H]32)c(F)c1F. The van der Waals surface area contributed by atoms with E-state index < -0.39 is 34.6 Å². The summed E-state index contributed by atoms with van der Waals surface area (Å²) in [5.41, 5.74) is -0.694. The maximum absolute atomic E-state index is 13.7. The molecule has 0 spiro atoms. The first kappa shape index (κ1) is 14.3. The summed E-state index contributed by atoms with van der Waals surface area (Å²) in [6, 6.07) is 0. The highest BCUT2D eigenvalue weighted by Gasteiger charge is 2.36. The summed E-state index contributed by atoms with van der Waals surface area (Å²) in [5, 5.41) is 0. The van der Waals surface area contributed by atoms with E-state index in [1.54, 1.807) is 0 Å². The van der Waals surface area contributed by atoms with Crippen LogP contribution < -0.4 is 0 Å². The summed E-state index contributed by atoms with van der Waals surface area (Å²) < 4.78 is 66.9. The van der Waals surface area contributed by atoms with E-state index >= 15 is 0 Å². The number of benzene rings is 1. The van der Waals surface area contributed by atoms with E-state index in [1.807, 2.05) is 24.3 Å². The molecule has 21 heavy (non-hydrogen) atoms. The smallest absolute Gasteiger partial charge is 0.200 e. The summed E-state index contributed by atoms with van der Waals surface area (Å²) >= 11 is 0. The van der Waals surface area contributed by atoms with E-state index in [0.29, 0.717) is 12.3 Å². The Morgan fingerprint density at radius 3 is 2.00 bits per heavy atom. The number of rotatable bonds is 2. The first-order valence-electron chi connectivity index (χ1n) is 6.86. The van der Waals surface area contributed by atoms with Crippen molar-refractivity contribution in [3.05, 3.63) is 59.0 Å². The standard InChI is InChI=1S/C16H13F5/c17-12-11(13(18)15(20)16(21)14(12)19)7-9-6-5-8-3-1-2-4-10(8)9/h1-4,8-10H,5-7H2/t8?,9-,10-/m1/s1. The summed E-state index contributed by atoms with van der Waals surface area (Å²) in [6.07, 6.45) is 9.21. The van der Waals surface area contributed by atoms with Gasteiger partial charge in [-0.05, 0) is 37.0 Å². The molecule has 2 aliphatic carbocycles. The lowest BCUT2D eigenvalue weighted by Gasteiger charge is -2.22. The molecule has 0 radical (unpaired) electrons. The molecule has 3 rings (SSSR count). The van der Waals surface area contributed by atoms with Gasteiger partial charge in [-0.15, -0.1) is 0 Å². The second kappa shape index (κ2) is 5.28. The molecule has 3 atom stereocenters. The van der Waals surface area contributed by atoms with Crippen LogP contribution in [-0.2, 0) is 6.42 Å². The molecule has 0 bridgehead atoms. The number of fused-ring (bicyclic) bond motifs is 1. The van der Waals surface area contributed by atoms with E-state index in [-0.39, 0.29) is 18.3 Å². The van der Waals surface area contributed by atoms with Crippen LogP contribution >= 0.6 is 0 Å². The Hall–Kier alpha value is -1.65. The number of allylic oxidation sites excluding steroid dienone is 4. The van der Waals surface area contributed by atoms with Crippen molar-refractivity contribution in [1.29, 1.82) is 0 Å². The van der Waals surface area contributed by atoms with Crippen LogP contribution in [0, 0.1) is 46.8 Å². The van der Waals surface area contributed by atoms with E-state index in [2.05, 4.69) is 0 Å². The van der Waals surface area contributed by atoms with Gasteiger partial charge in [0, 0.05) is 5.56 Å². The maximum Gasteiger partial charge on any atom is 0.200 e. The van der Waals surface area contributed by atoms with Gasteiger partial charge in [0.1, 0.15) is 0 Å². The van der Waals surface area contributed by atoms with Crippen molar-refractivity contribution in [2.24, 2.45) is 17.8 Å². The Labute approximate surface area is 119 Å². The maximum atomic E-state index is 13.7. The first-order chi connectivity index (χ1) is 10.0. The van der Waals surface area contributed by atoms with Crippen LogP contribution in [0.25, 0.3) is 0 Å². The first-order valence-corrected chi connectivity index (χ1v) is 6.86. The van der Waals surface area contributed by atoms with E-state index in [1.165, 1.54) is 0 Å². The molecule has 0 amide bonds. The number of halogens is 5. The van der Waals surface area contributed by atoms with Gasteiger partial charge in [-0.3, -0.25) is 0 Å². The van der Waals surface area contributed by atoms with Crippen LogP contribution in [0.4, 0.5) is 22.0 Å². The molecule has 112 valence electrons. The molecule has 0 aliphatic heterocycles. The van der Waals surface area contributed by atoms with Gasteiger partial charge in [0.15, 0.2) is 23.3 Å². The Kier molecular flexibility index (Phi) is 3.59. The van der Waals surface area contributed by atoms with Crippen LogP contribution in [0.2, 0.25) is 0 Å². The molecule has 1 aromatic rings. The van der Waals surface area contributed by atoms with Crippen LogP contribution in [0.1, 0.15) is 18.4 Å². The monoisotopic (exact) mass is 300 g/mol. The third kappa shape index (κ3) is 2.28. The Bertz CT molecular complexity index is 603. The zero-order valence-corrected chi connectivity index (χ0v) is 11.1. The summed E-state index contributed by atoms with van der Waals surface area (Å²) in [7, 11) is 0. The fourth-order valence-electron chi connectivity index (χ4n) is 3.39. The fraction of sp³-hybridized carbons (Fsp3) is 0.375. The number of hydrogen-bond acceptors (Lipinski definition) is 0. The van der Waals surface area contributed by atoms with Crippen LogP contribution in [-0.4, -0.2) is 0 Å². The van der Waals surface area contributed by atoms with Gasteiger partial charge in [0.25, 0.3) is 0 Å². The third-order valence-corrected chi connectivity index (χ3v) is 4.48. The second-order valence-corrected chi connectivity index (χ2v) is 5.60. The highest BCUT2D eigenvalue weighted by atomic mass is 19.2. The predicted octanol–water partition coefficient (Wildman–Crippen LogP) is 4.69. The summed E-state index contributed by atoms with van der Waals surface area (Å²) in [4.78, 5) is 0. The molecule has 0 heterocycles. The predicted molar refractivity (Wildman–Crippen MR) is 67.9 cm³/mol. The van der Waals surface area contributed by atoms with Crippen molar-refractivity contribution >= 4 is 0 Å². The lowest BCUT2D eigenvalue weighted by molar-refractivity contribution is 0.352. The fourth-order valence-corrected chi connectivity index (χ4v) is 3.39. The minimum Gasteiger partial charge on any atom is -0.203 e. The Morgan fingerprint density at radius 2 is 1.33 bits per heavy atom. The topological polar surface area (TPSA) is 0 Å². The summed E-state index contributed by atoms with van der Waals surface area (Å²) in [5.74, 6) is -8.94. The lowest BCUT2D eigenvalue weighted by Crippen LogP contribution is -2.18. The van der Waals surface area contributed by atoms with Crippen molar-refractivity contribution in [1.82, 2.24) is 0 Å². The third-order valence-electron chi connectivity index (χ3n) is 4.48. The van der Waals surface area contributed by atoms with Gasteiger partial charge in [-0.1, -0.05) is 24.3 Å². The van der Waals surface area contributed by atoms with Crippen LogP contribution in [0.3, 0.4) is 0 Å². The average molecular weight is 300 g/mol. The second-order valence-electron chi connectivity index (χ2n) is 5.60. The molecular weight excluding hydrogens is 287 g/mol. The molecular formula is C16H13F5. The molecule has 0 saturated heterocycles. The Morgan fingerprint density at radius 1 is 0.762 bits per heavy atom. The normalized spacial score (nSPS) is 27.2. The van der Waals surface area contributed by atoms with E-state index in [4.69, 9.17) is 0 Å². The van der Waals surface area contributed by atoms with Crippen LogP contribution in [0.5, 0.6) is 0 Å². The van der Waals surface area contributed by atoms with Crippen molar-refractivity contribution in [2.75, 3.05) is 0 Å². The molecule has 0 aromatic heterocycles. The van der Waals surface area contributed by atoms with E-state index in [0.717, 1.165) is 6.42 Å². The zero-order valence-electron chi connectivity index (χ0n) is 11.1. The van der Waals surface area contributed by atoms with Crippen molar-refractivity contribution in [3.63, 3.8) is 0 Å². The highest BCUT2D eigenvalue weighted by molar-refractivity contribution is 5.26. The van der Waals surface area contributed by atoms with E-state index in [9.17, 15) is 22.0 Å². The van der Waals surface area contributed by atoms with Gasteiger partial charge < -0.3 is 0 Å². The quantitative estimate of drug-likeness (QED) is 0.422. The van der Waals surface area contributed by atoms with Gasteiger partial charge in [0.2, 0.25) is 5.82 Å². The zero-order chi connectivity index (χ0) is 15.1. The largest absolute Gasteiger partial charge is 0.203 e. The van der Waals surface area contributed by atoms with Gasteiger partial charge >= 0.3 is 0 Å². The Balaban J connectivity index is 1.93. The van der Waals surface area contributed by atoms with Crippen LogP contribution in [0.15, 0.2) is 24.3 Å². The molecule has 2 aliphatic rings. The minimum absolute atomic E-state index is 0.102.